The first-order valence-corrected chi connectivity index (χ1v) is 9.45. The van der Waals surface area contributed by atoms with Crippen LogP contribution in [0.4, 0.5) is 0 Å². The van der Waals surface area contributed by atoms with Gasteiger partial charge in [-0.25, -0.2) is 0 Å². The van der Waals surface area contributed by atoms with Crippen molar-refractivity contribution in [1.82, 2.24) is 0 Å². The highest BCUT2D eigenvalue weighted by Gasteiger charge is 2.09. The maximum absolute atomic E-state index is 5.75. The van der Waals surface area contributed by atoms with Gasteiger partial charge in [0, 0.05) is 13.2 Å². The van der Waals surface area contributed by atoms with E-state index in [1.54, 1.807) is 0 Å². The zero-order valence-electron chi connectivity index (χ0n) is 16.7. The molecule has 3 atom stereocenters. The molecule has 0 fully saturated rings. The molecule has 0 bridgehead atoms. The van der Waals surface area contributed by atoms with E-state index >= 15 is 0 Å². The number of hydrogen-bond donors (Lipinski definition) is 0. The quantitative estimate of drug-likeness (QED) is 0.375. The fourth-order valence-corrected chi connectivity index (χ4v) is 2.03. The molecule has 24 heavy (non-hydrogen) atoms. The van der Waals surface area contributed by atoms with Crippen molar-refractivity contribution in [1.29, 1.82) is 0 Å². The van der Waals surface area contributed by atoms with Crippen LogP contribution in [0.15, 0.2) is 0 Å². The summed E-state index contributed by atoms with van der Waals surface area (Å²) in [7, 11) is 0. The third-order valence-corrected chi connectivity index (χ3v) is 3.49. The molecule has 5 heteroatoms. The molecule has 0 aliphatic heterocycles. The van der Waals surface area contributed by atoms with Crippen molar-refractivity contribution >= 4 is 0 Å². The molecule has 0 spiro atoms. The van der Waals surface area contributed by atoms with Crippen LogP contribution in [-0.2, 0) is 23.7 Å². The first kappa shape index (κ1) is 23.8. The largest absolute Gasteiger partial charge is 0.379 e. The molecular formula is C19H40O5. The van der Waals surface area contributed by atoms with E-state index in [1.807, 2.05) is 27.7 Å². The molecule has 0 amide bonds. The van der Waals surface area contributed by atoms with Gasteiger partial charge in [-0.1, -0.05) is 13.8 Å². The van der Waals surface area contributed by atoms with E-state index in [1.165, 1.54) is 6.42 Å². The Morgan fingerprint density at radius 2 is 1.21 bits per heavy atom. The Bertz CT molecular complexity index is 260. The molecule has 3 unspecified atom stereocenters. The monoisotopic (exact) mass is 348 g/mol. The van der Waals surface area contributed by atoms with Crippen LogP contribution in [-0.4, -0.2) is 64.6 Å². The first-order chi connectivity index (χ1) is 11.5. The van der Waals surface area contributed by atoms with Crippen LogP contribution < -0.4 is 0 Å². The average molecular weight is 349 g/mol. The minimum absolute atomic E-state index is 0.0485. The van der Waals surface area contributed by atoms with Crippen molar-refractivity contribution in [2.45, 2.75) is 72.7 Å². The van der Waals surface area contributed by atoms with Gasteiger partial charge in [-0.05, 0) is 46.5 Å². The predicted octanol–water partition coefficient (Wildman–Crippen LogP) is 3.69. The molecular weight excluding hydrogens is 308 g/mol. The SMILES string of the molecule is CCOCC(C)OCC(C)OCC(C)OCCOCCCC(C)C. The fraction of sp³-hybridized carbons (Fsp3) is 1.00. The van der Waals surface area contributed by atoms with Crippen molar-refractivity contribution in [2.24, 2.45) is 5.92 Å². The van der Waals surface area contributed by atoms with Gasteiger partial charge in [0.05, 0.1) is 51.3 Å². The smallest absolute Gasteiger partial charge is 0.0781 e. The van der Waals surface area contributed by atoms with E-state index in [4.69, 9.17) is 23.7 Å². The van der Waals surface area contributed by atoms with Gasteiger partial charge in [-0.15, -0.1) is 0 Å². The van der Waals surface area contributed by atoms with E-state index < -0.39 is 0 Å². The normalized spacial score (nSPS) is 15.6. The highest BCUT2D eigenvalue weighted by Crippen LogP contribution is 2.03. The molecule has 0 aromatic carbocycles. The zero-order valence-corrected chi connectivity index (χ0v) is 16.7. The third-order valence-electron chi connectivity index (χ3n) is 3.49. The van der Waals surface area contributed by atoms with E-state index in [9.17, 15) is 0 Å². The van der Waals surface area contributed by atoms with Crippen LogP contribution in [0.1, 0.15) is 54.4 Å². The van der Waals surface area contributed by atoms with Crippen molar-refractivity contribution in [2.75, 3.05) is 46.2 Å². The van der Waals surface area contributed by atoms with Crippen LogP contribution in [0.3, 0.4) is 0 Å². The maximum atomic E-state index is 5.75. The van der Waals surface area contributed by atoms with Crippen molar-refractivity contribution in [3.63, 3.8) is 0 Å². The third kappa shape index (κ3) is 16.7. The van der Waals surface area contributed by atoms with Gasteiger partial charge in [-0.3, -0.25) is 0 Å². The Labute approximate surface area is 149 Å². The van der Waals surface area contributed by atoms with Crippen molar-refractivity contribution < 1.29 is 23.7 Å². The first-order valence-electron chi connectivity index (χ1n) is 9.45. The van der Waals surface area contributed by atoms with E-state index in [0.717, 1.165) is 25.6 Å². The molecule has 0 aromatic rings. The maximum Gasteiger partial charge on any atom is 0.0781 e. The summed E-state index contributed by atoms with van der Waals surface area (Å²) in [6, 6.07) is 0. The fourth-order valence-electron chi connectivity index (χ4n) is 2.03. The molecule has 0 heterocycles. The van der Waals surface area contributed by atoms with Gasteiger partial charge >= 0.3 is 0 Å². The van der Waals surface area contributed by atoms with Crippen LogP contribution in [0.2, 0.25) is 0 Å². The van der Waals surface area contributed by atoms with E-state index in [0.29, 0.717) is 33.0 Å². The van der Waals surface area contributed by atoms with Gasteiger partial charge in [0.15, 0.2) is 0 Å². The standard InChI is InChI=1S/C19H40O5/c1-7-20-13-17(4)23-15-19(6)24-14-18(5)22-12-11-21-10-8-9-16(2)3/h16-19H,7-15H2,1-6H3. The number of ether oxygens (including phenoxy) is 5. The second kappa shape index (κ2) is 16.3. The lowest BCUT2D eigenvalue weighted by molar-refractivity contribution is -0.0837. The van der Waals surface area contributed by atoms with Gasteiger partial charge < -0.3 is 23.7 Å². The summed E-state index contributed by atoms with van der Waals surface area (Å²) >= 11 is 0. The second-order valence-electron chi connectivity index (χ2n) is 6.78. The van der Waals surface area contributed by atoms with Crippen LogP contribution >= 0.6 is 0 Å². The molecule has 0 N–H and O–H groups in total. The average Bonchev–Trinajstić information content (AvgIpc) is 2.55. The summed E-state index contributed by atoms with van der Waals surface area (Å²) in [6.07, 6.45) is 2.54. The van der Waals surface area contributed by atoms with Crippen LogP contribution in [0, 0.1) is 5.92 Å². The molecule has 0 aliphatic rings. The number of rotatable bonds is 17. The molecule has 5 nitrogen and oxygen atoms in total. The molecule has 0 rings (SSSR count). The Morgan fingerprint density at radius 3 is 1.79 bits per heavy atom. The highest BCUT2D eigenvalue weighted by atomic mass is 16.6. The highest BCUT2D eigenvalue weighted by molar-refractivity contribution is 4.55. The molecule has 0 aliphatic carbocycles. The summed E-state index contributed by atoms with van der Waals surface area (Å²) in [5, 5.41) is 0. The van der Waals surface area contributed by atoms with E-state index in [-0.39, 0.29) is 18.3 Å². The summed E-state index contributed by atoms with van der Waals surface area (Å²) in [5.41, 5.74) is 0. The van der Waals surface area contributed by atoms with Crippen molar-refractivity contribution in [3.05, 3.63) is 0 Å². The Morgan fingerprint density at radius 1 is 0.625 bits per heavy atom. The Hall–Kier alpha value is -0.200. The molecule has 146 valence electrons. The molecule has 0 saturated heterocycles. The molecule has 0 radical (unpaired) electrons. The minimum atomic E-state index is 0.0485. The lowest BCUT2D eigenvalue weighted by atomic mass is 10.1. The van der Waals surface area contributed by atoms with Crippen molar-refractivity contribution in [3.8, 4) is 0 Å². The lowest BCUT2D eigenvalue weighted by Gasteiger charge is -2.20. The summed E-state index contributed by atoms with van der Waals surface area (Å²) in [6.45, 7) is 17.0. The summed E-state index contributed by atoms with van der Waals surface area (Å²) in [4.78, 5) is 0. The molecule has 0 aromatic heterocycles. The topological polar surface area (TPSA) is 46.2 Å². The van der Waals surface area contributed by atoms with Crippen LogP contribution in [0.25, 0.3) is 0 Å². The van der Waals surface area contributed by atoms with Gasteiger partial charge in [0.2, 0.25) is 0 Å². The van der Waals surface area contributed by atoms with Gasteiger partial charge in [0.25, 0.3) is 0 Å². The lowest BCUT2D eigenvalue weighted by Crippen LogP contribution is -2.27. The minimum Gasteiger partial charge on any atom is -0.379 e. The van der Waals surface area contributed by atoms with Gasteiger partial charge in [0.1, 0.15) is 0 Å². The summed E-state index contributed by atoms with van der Waals surface area (Å²) in [5.74, 6) is 0.746. The van der Waals surface area contributed by atoms with E-state index in [2.05, 4.69) is 13.8 Å². The second-order valence-corrected chi connectivity index (χ2v) is 6.78. The van der Waals surface area contributed by atoms with Crippen LogP contribution in [0.5, 0.6) is 0 Å². The predicted molar refractivity (Wildman–Crippen MR) is 97.6 cm³/mol. The summed E-state index contributed by atoms with van der Waals surface area (Å²) < 4.78 is 28.0. The zero-order chi connectivity index (χ0) is 18.2. The van der Waals surface area contributed by atoms with Gasteiger partial charge in [-0.2, -0.15) is 0 Å². The Balaban J connectivity index is 3.45. The number of hydrogen-bond acceptors (Lipinski definition) is 5. The Kier molecular flexibility index (Phi) is 16.1. The molecule has 0 saturated carbocycles.